The second kappa shape index (κ2) is 6.53. The van der Waals surface area contributed by atoms with Crippen LogP contribution < -0.4 is 5.32 Å². The van der Waals surface area contributed by atoms with Gasteiger partial charge in [-0.2, -0.15) is 0 Å². The van der Waals surface area contributed by atoms with Crippen LogP contribution in [-0.4, -0.2) is 7.05 Å². The fraction of sp³-hybridized carbons (Fsp3) is 0.333. The second-order valence-corrected chi connectivity index (χ2v) is 4.87. The molecule has 2 aromatic carbocycles. The molecule has 1 unspecified atom stereocenters. The molecule has 0 saturated heterocycles. The van der Waals surface area contributed by atoms with Crippen molar-refractivity contribution in [3.8, 4) is 0 Å². The summed E-state index contributed by atoms with van der Waals surface area (Å²) in [6, 6.07) is 17.8. The molecular weight excluding hydrogens is 230 g/mol. The molecule has 0 bridgehead atoms. The molecule has 0 aromatic heterocycles. The topological polar surface area (TPSA) is 12.0 Å². The van der Waals surface area contributed by atoms with Crippen molar-refractivity contribution in [2.45, 2.75) is 32.7 Å². The van der Waals surface area contributed by atoms with Gasteiger partial charge in [-0.25, -0.2) is 0 Å². The number of hydrogen-bond donors (Lipinski definition) is 1. The van der Waals surface area contributed by atoms with Gasteiger partial charge in [-0.15, -0.1) is 0 Å². The van der Waals surface area contributed by atoms with Crippen molar-refractivity contribution in [3.05, 3.63) is 70.8 Å². The molecule has 1 nitrogen and oxygen atoms in total. The molecule has 1 atom stereocenters. The zero-order valence-corrected chi connectivity index (χ0v) is 12.1. The minimum absolute atomic E-state index is 0.280. The standard InChI is InChI=1S/C18H23N/c1-4-14-11-12-15(5-2)17(13-14)18(19-3)16-9-7-6-8-10-16/h6-13,18-19H,4-5H2,1-3H3. The molecule has 0 radical (unpaired) electrons. The van der Waals surface area contributed by atoms with E-state index in [9.17, 15) is 0 Å². The van der Waals surface area contributed by atoms with E-state index in [0.717, 1.165) is 12.8 Å². The molecule has 2 aromatic rings. The predicted octanol–water partition coefficient (Wildman–Crippen LogP) is 4.12. The second-order valence-electron chi connectivity index (χ2n) is 4.87. The summed E-state index contributed by atoms with van der Waals surface area (Å²) in [5, 5.41) is 3.46. The van der Waals surface area contributed by atoms with E-state index in [4.69, 9.17) is 0 Å². The molecule has 1 N–H and O–H groups in total. The van der Waals surface area contributed by atoms with Crippen molar-refractivity contribution < 1.29 is 0 Å². The van der Waals surface area contributed by atoms with Gasteiger partial charge in [-0.3, -0.25) is 0 Å². The maximum Gasteiger partial charge on any atom is 0.0577 e. The summed E-state index contributed by atoms with van der Waals surface area (Å²) < 4.78 is 0. The first-order valence-corrected chi connectivity index (χ1v) is 7.14. The highest BCUT2D eigenvalue weighted by atomic mass is 14.9. The molecule has 0 saturated carbocycles. The molecule has 0 aliphatic rings. The van der Waals surface area contributed by atoms with Crippen molar-refractivity contribution in [2.75, 3.05) is 7.05 Å². The Morgan fingerprint density at radius 1 is 0.947 bits per heavy atom. The molecule has 19 heavy (non-hydrogen) atoms. The van der Waals surface area contributed by atoms with Crippen LogP contribution in [0.4, 0.5) is 0 Å². The summed E-state index contributed by atoms with van der Waals surface area (Å²) in [6.45, 7) is 4.43. The van der Waals surface area contributed by atoms with E-state index >= 15 is 0 Å². The Morgan fingerprint density at radius 3 is 2.26 bits per heavy atom. The number of hydrogen-bond acceptors (Lipinski definition) is 1. The highest BCUT2D eigenvalue weighted by Crippen LogP contribution is 2.26. The van der Waals surface area contributed by atoms with Crippen LogP contribution in [0.3, 0.4) is 0 Å². The van der Waals surface area contributed by atoms with Gasteiger partial charge in [0, 0.05) is 0 Å². The van der Waals surface area contributed by atoms with Gasteiger partial charge >= 0.3 is 0 Å². The van der Waals surface area contributed by atoms with Crippen LogP contribution >= 0.6 is 0 Å². The molecule has 100 valence electrons. The molecular formula is C18H23N. The summed E-state index contributed by atoms with van der Waals surface area (Å²) in [5.74, 6) is 0. The molecule has 0 aliphatic heterocycles. The minimum Gasteiger partial charge on any atom is -0.309 e. The van der Waals surface area contributed by atoms with Crippen molar-refractivity contribution in [2.24, 2.45) is 0 Å². The maximum atomic E-state index is 3.46. The van der Waals surface area contributed by atoms with Crippen LogP contribution in [0.25, 0.3) is 0 Å². The molecule has 0 spiro atoms. The van der Waals surface area contributed by atoms with Gasteiger partial charge in [-0.1, -0.05) is 62.4 Å². The average Bonchev–Trinajstić information content (AvgIpc) is 2.49. The predicted molar refractivity (Wildman–Crippen MR) is 82.5 cm³/mol. The van der Waals surface area contributed by atoms with Gasteiger partial charge in [0.15, 0.2) is 0 Å². The lowest BCUT2D eigenvalue weighted by molar-refractivity contribution is 0.683. The third-order valence-electron chi connectivity index (χ3n) is 3.73. The van der Waals surface area contributed by atoms with Crippen LogP contribution in [0.2, 0.25) is 0 Å². The van der Waals surface area contributed by atoms with Crippen LogP contribution in [0, 0.1) is 0 Å². The molecule has 0 aliphatic carbocycles. The van der Waals surface area contributed by atoms with Crippen molar-refractivity contribution in [3.63, 3.8) is 0 Å². The highest BCUT2D eigenvalue weighted by Gasteiger charge is 2.15. The van der Waals surface area contributed by atoms with Crippen LogP contribution in [0.15, 0.2) is 48.5 Å². The van der Waals surface area contributed by atoms with Crippen molar-refractivity contribution in [1.29, 1.82) is 0 Å². The summed E-state index contributed by atoms with van der Waals surface area (Å²) in [4.78, 5) is 0. The SMILES string of the molecule is CCc1ccc(CC)c(C(NC)c2ccccc2)c1. The van der Waals surface area contributed by atoms with Gasteiger partial charge in [0.05, 0.1) is 6.04 Å². The van der Waals surface area contributed by atoms with E-state index in [0.29, 0.717) is 0 Å². The Balaban J connectivity index is 2.48. The molecule has 2 rings (SSSR count). The summed E-state index contributed by atoms with van der Waals surface area (Å²) in [5.41, 5.74) is 5.58. The summed E-state index contributed by atoms with van der Waals surface area (Å²) in [7, 11) is 2.04. The summed E-state index contributed by atoms with van der Waals surface area (Å²) >= 11 is 0. The van der Waals surface area contributed by atoms with Gasteiger partial charge in [0.25, 0.3) is 0 Å². The lowest BCUT2D eigenvalue weighted by Gasteiger charge is -2.21. The Hall–Kier alpha value is -1.60. The first kappa shape index (κ1) is 13.8. The fourth-order valence-corrected chi connectivity index (χ4v) is 2.60. The lowest BCUT2D eigenvalue weighted by atomic mass is 9.91. The highest BCUT2D eigenvalue weighted by molar-refractivity contribution is 5.40. The normalized spacial score (nSPS) is 12.4. The van der Waals surface area contributed by atoms with Crippen LogP contribution in [0.1, 0.15) is 42.1 Å². The maximum absolute atomic E-state index is 3.46. The zero-order chi connectivity index (χ0) is 13.7. The van der Waals surface area contributed by atoms with E-state index < -0.39 is 0 Å². The first-order valence-electron chi connectivity index (χ1n) is 7.14. The fourth-order valence-electron chi connectivity index (χ4n) is 2.60. The van der Waals surface area contributed by atoms with Crippen LogP contribution in [-0.2, 0) is 12.8 Å². The Bertz CT molecular complexity index is 516. The smallest absolute Gasteiger partial charge is 0.0577 e. The zero-order valence-electron chi connectivity index (χ0n) is 12.1. The third-order valence-corrected chi connectivity index (χ3v) is 3.73. The summed E-state index contributed by atoms with van der Waals surface area (Å²) in [6.07, 6.45) is 2.16. The molecule has 0 amide bonds. The van der Waals surface area contributed by atoms with E-state index in [1.807, 2.05) is 7.05 Å². The average molecular weight is 253 g/mol. The van der Waals surface area contributed by atoms with Crippen molar-refractivity contribution >= 4 is 0 Å². The lowest BCUT2D eigenvalue weighted by Crippen LogP contribution is -2.19. The van der Waals surface area contributed by atoms with E-state index in [-0.39, 0.29) is 6.04 Å². The number of benzene rings is 2. The number of aryl methyl sites for hydroxylation is 2. The van der Waals surface area contributed by atoms with Gasteiger partial charge in [0.1, 0.15) is 0 Å². The third kappa shape index (κ3) is 3.05. The number of rotatable bonds is 5. The van der Waals surface area contributed by atoms with Gasteiger partial charge in [0.2, 0.25) is 0 Å². The van der Waals surface area contributed by atoms with Gasteiger partial charge in [-0.05, 0) is 42.1 Å². The monoisotopic (exact) mass is 253 g/mol. The molecule has 0 fully saturated rings. The van der Waals surface area contributed by atoms with Gasteiger partial charge < -0.3 is 5.32 Å². The molecule has 1 heteroatoms. The Kier molecular flexibility index (Phi) is 4.75. The number of nitrogens with one attached hydrogen (secondary N) is 1. The molecule has 0 heterocycles. The van der Waals surface area contributed by atoms with E-state index in [2.05, 4.69) is 67.7 Å². The van der Waals surface area contributed by atoms with Crippen LogP contribution in [0.5, 0.6) is 0 Å². The Morgan fingerprint density at radius 2 is 1.68 bits per heavy atom. The van der Waals surface area contributed by atoms with Crippen molar-refractivity contribution in [1.82, 2.24) is 5.32 Å². The minimum atomic E-state index is 0.280. The van der Waals surface area contributed by atoms with E-state index in [1.165, 1.54) is 22.3 Å². The van der Waals surface area contributed by atoms with E-state index in [1.54, 1.807) is 0 Å². The largest absolute Gasteiger partial charge is 0.309 e. The quantitative estimate of drug-likeness (QED) is 0.845. The Labute approximate surface area is 116 Å². The first-order chi connectivity index (χ1) is 9.30.